The summed E-state index contributed by atoms with van der Waals surface area (Å²) < 4.78 is 5.55. The highest BCUT2D eigenvalue weighted by Crippen LogP contribution is 2.33. The number of rotatable bonds is 6. The van der Waals surface area contributed by atoms with E-state index in [0.29, 0.717) is 18.5 Å². The third-order valence-electron chi connectivity index (χ3n) is 5.80. The van der Waals surface area contributed by atoms with Crippen LogP contribution in [0.15, 0.2) is 54.6 Å². The van der Waals surface area contributed by atoms with E-state index in [4.69, 9.17) is 10.00 Å². The molecule has 0 radical (unpaired) electrons. The second-order valence-electron chi connectivity index (χ2n) is 9.75. The van der Waals surface area contributed by atoms with E-state index in [0.717, 1.165) is 11.1 Å². The molecular weight excluding hydrogens is 444 g/mol. The molecule has 2 N–H and O–H groups in total. The van der Waals surface area contributed by atoms with Crippen LogP contribution in [0.2, 0.25) is 0 Å². The fourth-order valence-electron chi connectivity index (χ4n) is 3.99. The number of hydrogen-bond donors (Lipinski definition) is 2. The Morgan fingerprint density at radius 2 is 1.77 bits per heavy atom. The van der Waals surface area contributed by atoms with E-state index in [1.807, 2.05) is 30.3 Å². The van der Waals surface area contributed by atoms with Crippen LogP contribution in [0.25, 0.3) is 0 Å². The van der Waals surface area contributed by atoms with Crippen LogP contribution >= 0.6 is 0 Å². The van der Waals surface area contributed by atoms with Gasteiger partial charge in [0, 0.05) is 19.0 Å². The standard InChI is InChI=1S/C27H32N4O4/c1-18(24(32)29-16-20-12-10-19(15-28)11-13-20)30-25(33)23-14-22(21-8-6-5-7-9-21)17-31(23)26(34)35-27(2,3)4/h5-13,18,22-23H,14,16-17H2,1-4H3,(H,29,32)(H,30,33)/t18-,22-,23+/m0/s1. The molecule has 0 bridgehead atoms. The lowest BCUT2D eigenvalue weighted by molar-refractivity contribution is -0.131. The van der Waals surface area contributed by atoms with Crippen molar-refractivity contribution in [3.8, 4) is 6.07 Å². The number of benzene rings is 2. The van der Waals surface area contributed by atoms with Gasteiger partial charge >= 0.3 is 6.09 Å². The van der Waals surface area contributed by atoms with Gasteiger partial charge in [0.1, 0.15) is 17.7 Å². The lowest BCUT2D eigenvalue weighted by Crippen LogP contribution is -2.52. The quantitative estimate of drug-likeness (QED) is 0.663. The Hall–Kier alpha value is -3.86. The molecule has 0 unspecified atom stereocenters. The zero-order valence-electron chi connectivity index (χ0n) is 20.6. The lowest BCUT2D eigenvalue weighted by Gasteiger charge is -2.28. The molecule has 0 aromatic heterocycles. The average molecular weight is 477 g/mol. The molecule has 3 rings (SSSR count). The fourth-order valence-corrected chi connectivity index (χ4v) is 3.99. The maximum absolute atomic E-state index is 13.2. The Morgan fingerprint density at radius 3 is 2.37 bits per heavy atom. The summed E-state index contributed by atoms with van der Waals surface area (Å²) in [6, 6.07) is 17.2. The molecule has 1 saturated heterocycles. The molecule has 3 amide bonds. The minimum atomic E-state index is -0.794. The van der Waals surface area contributed by atoms with Crippen molar-refractivity contribution in [3.63, 3.8) is 0 Å². The highest BCUT2D eigenvalue weighted by atomic mass is 16.6. The van der Waals surface area contributed by atoms with E-state index >= 15 is 0 Å². The van der Waals surface area contributed by atoms with E-state index in [1.165, 1.54) is 4.90 Å². The summed E-state index contributed by atoms with van der Waals surface area (Å²) in [6.45, 7) is 7.58. The van der Waals surface area contributed by atoms with Gasteiger partial charge < -0.3 is 15.4 Å². The van der Waals surface area contributed by atoms with Crippen LogP contribution < -0.4 is 10.6 Å². The van der Waals surface area contributed by atoms with E-state index < -0.39 is 29.7 Å². The van der Waals surface area contributed by atoms with Gasteiger partial charge in [0.05, 0.1) is 11.6 Å². The largest absolute Gasteiger partial charge is 0.444 e. The SMILES string of the molecule is C[C@H](NC(=O)[C@H]1C[C@H](c2ccccc2)CN1C(=O)OC(C)(C)C)C(=O)NCc1ccc(C#N)cc1. The number of amides is 3. The van der Waals surface area contributed by atoms with Gasteiger partial charge in [0.2, 0.25) is 11.8 Å². The van der Waals surface area contributed by atoms with Crippen molar-refractivity contribution in [1.82, 2.24) is 15.5 Å². The van der Waals surface area contributed by atoms with Crippen molar-refractivity contribution < 1.29 is 19.1 Å². The first-order valence-electron chi connectivity index (χ1n) is 11.7. The number of hydrogen-bond acceptors (Lipinski definition) is 5. The van der Waals surface area contributed by atoms with Gasteiger partial charge in [-0.25, -0.2) is 4.79 Å². The molecule has 2 aromatic carbocycles. The molecule has 0 aliphatic carbocycles. The van der Waals surface area contributed by atoms with Crippen molar-refractivity contribution >= 4 is 17.9 Å². The molecule has 1 aliphatic heterocycles. The summed E-state index contributed by atoms with van der Waals surface area (Å²) in [5, 5.41) is 14.4. The highest BCUT2D eigenvalue weighted by Gasteiger charge is 2.42. The Bertz CT molecular complexity index is 1090. The number of carbonyl (C=O) groups is 3. The molecule has 0 saturated carbocycles. The van der Waals surface area contributed by atoms with Crippen molar-refractivity contribution in [2.75, 3.05) is 6.54 Å². The first-order chi connectivity index (χ1) is 16.6. The minimum Gasteiger partial charge on any atom is -0.444 e. The molecule has 1 heterocycles. The van der Waals surface area contributed by atoms with Gasteiger partial charge in [-0.05, 0) is 57.4 Å². The molecule has 2 aromatic rings. The van der Waals surface area contributed by atoms with Crippen LogP contribution in [0.4, 0.5) is 4.79 Å². The van der Waals surface area contributed by atoms with Crippen molar-refractivity contribution in [1.29, 1.82) is 5.26 Å². The third-order valence-corrected chi connectivity index (χ3v) is 5.80. The van der Waals surface area contributed by atoms with Crippen LogP contribution in [0.3, 0.4) is 0 Å². The molecule has 1 aliphatic rings. The molecule has 184 valence electrons. The molecule has 35 heavy (non-hydrogen) atoms. The van der Waals surface area contributed by atoms with Gasteiger partial charge in [-0.3, -0.25) is 14.5 Å². The maximum atomic E-state index is 13.2. The molecule has 0 spiro atoms. The van der Waals surface area contributed by atoms with E-state index in [1.54, 1.807) is 52.0 Å². The predicted octanol–water partition coefficient (Wildman–Crippen LogP) is 3.47. The number of nitriles is 1. The average Bonchev–Trinajstić information content (AvgIpc) is 3.28. The molecule has 8 nitrogen and oxygen atoms in total. The maximum Gasteiger partial charge on any atom is 0.410 e. The van der Waals surface area contributed by atoms with Crippen LogP contribution in [-0.4, -0.2) is 47.0 Å². The first-order valence-corrected chi connectivity index (χ1v) is 11.7. The lowest BCUT2D eigenvalue weighted by atomic mass is 9.96. The zero-order chi connectivity index (χ0) is 25.6. The van der Waals surface area contributed by atoms with Gasteiger partial charge in [0.15, 0.2) is 0 Å². The van der Waals surface area contributed by atoms with Crippen LogP contribution in [0.1, 0.15) is 56.7 Å². The molecule has 8 heteroatoms. The zero-order valence-corrected chi connectivity index (χ0v) is 20.6. The van der Waals surface area contributed by atoms with Crippen molar-refractivity contribution in [3.05, 3.63) is 71.3 Å². The van der Waals surface area contributed by atoms with Crippen molar-refractivity contribution in [2.24, 2.45) is 0 Å². The Balaban J connectivity index is 1.64. The number of nitrogens with zero attached hydrogens (tertiary/aromatic N) is 2. The van der Waals surface area contributed by atoms with Crippen LogP contribution in [0, 0.1) is 11.3 Å². The van der Waals surface area contributed by atoms with Gasteiger partial charge in [-0.1, -0.05) is 42.5 Å². The van der Waals surface area contributed by atoms with E-state index in [2.05, 4.69) is 16.7 Å². The van der Waals surface area contributed by atoms with Crippen molar-refractivity contribution in [2.45, 2.75) is 64.3 Å². The summed E-state index contributed by atoms with van der Waals surface area (Å²) in [5.74, 6) is -0.751. The smallest absolute Gasteiger partial charge is 0.410 e. The Kier molecular flexibility index (Phi) is 8.13. The number of carbonyl (C=O) groups excluding carboxylic acids is 3. The number of likely N-dealkylation sites (tertiary alicyclic amines) is 1. The number of ether oxygens (including phenoxy) is 1. The summed E-state index contributed by atoms with van der Waals surface area (Å²) >= 11 is 0. The Labute approximate surface area is 206 Å². The second-order valence-corrected chi connectivity index (χ2v) is 9.75. The molecule has 3 atom stereocenters. The summed E-state index contributed by atoms with van der Waals surface area (Å²) in [6.07, 6.45) is -0.108. The number of nitrogens with one attached hydrogen (secondary N) is 2. The summed E-state index contributed by atoms with van der Waals surface area (Å²) in [5.41, 5.74) is 1.74. The summed E-state index contributed by atoms with van der Waals surface area (Å²) in [4.78, 5) is 40.1. The van der Waals surface area contributed by atoms with Gasteiger partial charge in [-0.15, -0.1) is 0 Å². The molecule has 1 fully saturated rings. The third kappa shape index (κ3) is 7.06. The van der Waals surface area contributed by atoms with E-state index in [9.17, 15) is 14.4 Å². The van der Waals surface area contributed by atoms with Crippen LogP contribution in [0.5, 0.6) is 0 Å². The first kappa shape index (κ1) is 25.8. The van der Waals surface area contributed by atoms with Crippen LogP contribution in [-0.2, 0) is 20.9 Å². The minimum absolute atomic E-state index is 0.0139. The van der Waals surface area contributed by atoms with Gasteiger partial charge in [-0.2, -0.15) is 5.26 Å². The Morgan fingerprint density at radius 1 is 1.11 bits per heavy atom. The topological polar surface area (TPSA) is 112 Å². The molecular formula is C27H32N4O4. The van der Waals surface area contributed by atoms with E-state index in [-0.39, 0.29) is 18.4 Å². The second kappa shape index (κ2) is 11.0. The summed E-state index contributed by atoms with van der Waals surface area (Å²) in [7, 11) is 0. The normalized spacial score (nSPS) is 18.3. The van der Waals surface area contributed by atoms with Gasteiger partial charge in [0.25, 0.3) is 0 Å². The monoisotopic (exact) mass is 476 g/mol. The predicted molar refractivity (Wildman–Crippen MR) is 131 cm³/mol. The highest BCUT2D eigenvalue weighted by molar-refractivity contribution is 5.91. The fraction of sp³-hybridized carbons (Fsp3) is 0.407.